The third-order valence-electron chi connectivity index (χ3n) is 7.98. The number of aliphatic hydroxyl groups is 1. The minimum Gasteiger partial charge on any atom is -0.395 e. The number of nitrogens with zero attached hydrogens (tertiary/aromatic N) is 2. The fourth-order valence-electron chi connectivity index (χ4n) is 6.12. The second-order valence-corrected chi connectivity index (χ2v) is 10.0. The van der Waals surface area contributed by atoms with Crippen LogP contribution >= 0.6 is 0 Å². The van der Waals surface area contributed by atoms with Gasteiger partial charge < -0.3 is 19.9 Å². The van der Waals surface area contributed by atoms with Gasteiger partial charge in [0.05, 0.1) is 13.2 Å². The Morgan fingerprint density at radius 3 is 2.65 bits per heavy atom. The SMILES string of the molecule is CC1C(NC(=O)CN2CCN(CCO)CC2)OC2OC(C)(OO)CCC3CCCC1C32. The van der Waals surface area contributed by atoms with E-state index in [0.717, 1.165) is 45.4 Å². The Morgan fingerprint density at radius 1 is 1.19 bits per heavy atom. The van der Waals surface area contributed by atoms with Crippen LogP contribution in [0.2, 0.25) is 0 Å². The lowest BCUT2D eigenvalue weighted by atomic mass is 9.64. The van der Waals surface area contributed by atoms with Gasteiger partial charge in [-0.25, -0.2) is 10.1 Å². The number of carbonyl (C=O) groups excluding carboxylic acids is 1. The number of ether oxygens (including phenoxy) is 2. The number of β-amino-alcohol motifs (C(OH)–C–C–N with tert-alkyl or cyclic N) is 1. The molecule has 3 N–H and O–H groups in total. The molecule has 0 radical (unpaired) electrons. The molecule has 3 aliphatic heterocycles. The Bertz CT molecular complexity index is 616. The number of hydrogen-bond acceptors (Lipinski definition) is 8. The minimum atomic E-state index is -1.07. The first kappa shape index (κ1) is 23.4. The zero-order chi connectivity index (χ0) is 22.0. The molecule has 1 saturated carbocycles. The van der Waals surface area contributed by atoms with E-state index in [1.807, 2.05) is 0 Å². The van der Waals surface area contributed by atoms with Crippen LogP contribution in [-0.4, -0.2) is 90.3 Å². The van der Waals surface area contributed by atoms with Crippen LogP contribution in [-0.2, 0) is 19.2 Å². The lowest BCUT2D eigenvalue weighted by molar-refractivity contribution is -0.435. The van der Waals surface area contributed by atoms with Crippen LogP contribution in [0.4, 0.5) is 0 Å². The van der Waals surface area contributed by atoms with Crippen molar-refractivity contribution in [3.05, 3.63) is 0 Å². The topological polar surface area (TPSA) is 104 Å². The number of hydrogen-bond donors (Lipinski definition) is 3. The van der Waals surface area contributed by atoms with Gasteiger partial charge in [0.15, 0.2) is 6.29 Å². The van der Waals surface area contributed by atoms with Gasteiger partial charge in [0.1, 0.15) is 6.23 Å². The maximum absolute atomic E-state index is 12.8. The highest BCUT2D eigenvalue weighted by atomic mass is 17.1. The first-order valence-corrected chi connectivity index (χ1v) is 11.9. The van der Waals surface area contributed by atoms with Gasteiger partial charge in [-0.3, -0.25) is 14.6 Å². The predicted octanol–water partition coefficient (Wildman–Crippen LogP) is 1.08. The van der Waals surface area contributed by atoms with Crippen molar-refractivity contribution in [2.45, 2.75) is 64.3 Å². The molecular formula is C22H39N3O6. The molecule has 4 aliphatic rings. The van der Waals surface area contributed by atoms with E-state index < -0.39 is 18.3 Å². The summed E-state index contributed by atoms with van der Waals surface area (Å²) in [5.41, 5.74) is 0. The molecule has 3 heterocycles. The molecule has 0 bridgehead atoms. The molecule has 0 spiro atoms. The average Bonchev–Trinajstić information content (AvgIpc) is 2.91. The average molecular weight is 442 g/mol. The van der Waals surface area contributed by atoms with Crippen LogP contribution in [0.15, 0.2) is 0 Å². The van der Waals surface area contributed by atoms with Crippen molar-refractivity contribution < 1.29 is 29.5 Å². The highest BCUT2D eigenvalue weighted by molar-refractivity contribution is 5.78. The zero-order valence-corrected chi connectivity index (χ0v) is 18.9. The quantitative estimate of drug-likeness (QED) is 0.416. The fourth-order valence-corrected chi connectivity index (χ4v) is 6.12. The fraction of sp³-hybridized carbons (Fsp3) is 0.955. The van der Waals surface area contributed by atoms with Gasteiger partial charge in [0.25, 0.3) is 0 Å². The molecule has 4 rings (SSSR count). The molecule has 4 fully saturated rings. The molecule has 0 aromatic carbocycles. The lowest BCUT2D eigenvalue weighted by Gasteiger charge is -2.50. The predicted molar refractivity (Wildman–Crippen MR) is 113 cm³/mol. The summed E-state index contributed by atoms with van der Waals surface area (Å²) in [5, 5.41) is 21.6. The zero-order valence-electron chi connectivity index (χ0n) is 18.9. The van der Waals surface area contributed by atoms with Crippen molar-refractivity contribution >= 4 is 5.91 Å². The number of carbonyl (C=O) groups is 1. The summed E-state index contributed by atoms with van der Waals surface area (Å²) in [6.07, 6.45) is 4.12. The van der Waals surface area contributed by atoms with E-state index in [-0.39, 0.29) is 24.3 Å². The van der Waals surface area contributed by atoms with Crippen LogP contribution in [0.25, 0.3) is 0 Å². The highest BCUT2D eigenvalue weighted by Crippen LogP contribution is 2.51. The Morgan fingerprint density at radius 2 is 1.94 bits per heavy atom. The third-order valence-corrected chi connectivity index (χ3v) is 7.98. The molecule has 31 heavy (non-hydrogen) atoms. The molecule has 0 aromatic rings. The van der Waals surface area contributed by atoms with Crippen molar-refractivity contribution in [2.24, 2.45) is 23.7 Å². The summed E-state index contributed by atoms with van der Waals surface area (Å²) in [7, 11) is 0. The highest BCUT2D eigenvalue weighted by Gasteiger charge is 2.53. The largest absolute Gasteiger partial charge is 0.395 e. The summed E-state index contributed by atoms with van der Waals surface area (Å²) < 4.78 is 12.5. The monoisotopic (exact) mass is 441 g/mol. The number of aliphatic hydroxyl groups excluding tert-OH is 1. The van der Waals surface area contributed by atoms with Crippen molar-refractivity contribution in [1.29, 1.82) is 0 Å². The Labute approximate surface area is 184 Å². The molecule has 7 atom stereocenters. The second-order valence-electron chi connectivity index (χ2n) is 10.0. The maximum atomic E-state index is 12.8. The van der Waals surface area contributed by atoms with Gasteiger partial charge in [0.2, 0.25) is 11.7 Å². The van der Waals surface area contributed by atoms with Crippen LogP contribution in [0.5, 0.6) is 0 Å². The van der Waals surface area contributed by atoms with Gasteiger partial charge in [-0.05, 0) is 38.0 Å². The molecule has 9 nitrogen and oxygen atoms in total. The summed E-state index contributed by atoms with van der Waals surface area (Å²) in [6, 6.07) is 0. The molecule has 178 valence electrons. The molecule has 1 aliphatic carbocycles. The van der Waals surface area contributed by atoms with Gasteiger partial charge in [-0.1, -0.05) is 13.3 Å². The standard InChI is InChI=1S/C22H39N3O6/c1-15-17-5-3-4-16-6-7-22(2,31-28)30-21(19(16)17)29-20(15)23-18(27)14-25-10-8-24(9-11-25)12-13-26/h15-17,19-21,26,28H,3-14H2,1-2H3,(H,23,27). The van der Waals surface area contributed by atoms with Crippen LogP contribution in [0.1, 0.15) is 46.0 Å². The lowest BCUT2D eigenvalue weighted by Crippen LogP contribution is -2.59. The number of nitrogens with one attached hydrogen (secondary N) is 1. The Kier molecular flexibility index (Phi) is 7.52. The molecular weight excluding hydrogens is 402 g/mol. The van der Waals surface area contributed by atoms with E-state index in [4.69, 9.17) is 19.5 Å². The van der Waals surface area contributed by atoms with Crippen LogP contribution < -0.4 is 5.32 Å². The number of amides is 1. The van der Waals surface area contributed by atoms with Crippen molar-refractivity contribution in [1.82, 2.24) is 15.1 Å². The van der Waals surface area contributed by atoms with Crippen molar-refractivity contribution in [2.75, 3.05) is 45.9 Å². The smallest absolute Gasteiger partial charge is 0.236 e. The first-order valence-electron chi connectivity index (χ1n) is 11.9. The van der Waals surface area contributed by atoms with Crippen molar-refractivity contribution in [3.63, 3.8) is 0 Å². The summed E-state index contributed by atoms with van der Waals surface area (Å²) in [5.74, 6) is 0.288. The Hall–Kier alpha value is -0.810. The molecule has 1 amide bonds. The molecule has 7 unspecified atom stereocenters. The second kappa shape index (κ2) is 9.99. The van der Waals surface area contributed by atoms with E-state index in [2.05, 4.69) is 22.0 Å². The Balaban J connectivity index is 1.37. The maximum Gasteiger partial charge on any atom is 0.236 e. The molecule has 3 saturated heterocycles. The normalized spacial score (nSPS) is 41.9. The van der Waals surface area contributed by atoms with E-state index in [1.54, 1.807) is 6.92 Å². The van der Waals surface area contributed by atoms with Gasteiger partial charge >= 0.3 is 0 Å². The van der Waals surface area contributed by atoms with E-state index in [1.165, 1.54) is 6.42 Å². The molecule has 0 aromatic heterocycles. The molecule has 9 heteroatoms. The first-order chi connectivity index (χ1) is 14.9. The van der Waals surface area contributed by atoms with E-state index in [9.17, 15) is 10.1 Å². The third kappa shape index (κ3) is 5.24. The number of rotatable bonds is 6. The van der Waals surface area contributed by atoms with Gasteiger partial charge in [-0.15, -0.1) is 0 Å². The van der Waals surface area contributed by atoms with E-state index in [0.29, 0.717) is 31.3 Å². The summed E-state index contributed by atoms with van der Waals surface area (Å²) in [6.45, 7) is 8.50. The van der Waals surface area contributed by atoms with Crippen LogP contribution in [0, 0.1) is 23.7 Å². The van der Waals surface area contributed by atoms with Gasteiger partial charge in [0, 0.05) is 51.0 Å². The van der Waals surface area contributed by atoms with Gasteiger partial charge in [-0.2, -0.15) is 0 Å². The number of piperazine rings is 1. The summed E-state index contributed by atoms with van der Waals surface area (Å²) >= 11 is 0. The van der Waals surface area contributed by atoms with Crippen molar-refractivity contribution in [3.8, 4) is 0 Å². The summed E-state index contributed by atoms with van der Waals surface area (Å²) in [4.78, 5) is 21.9. The van der Waals surface area contributed by atoms with Crippen LogP contribution in [0.3, 0.4) is 0 Å². The minimum absolute atomic E-state index is 0.0342. The van der Waals surface area contributed by atoms with E-state index >= 15 is 0 Å².